The highest BCUT2D eigenvalue weighted by Gasteiger charge is 2.16. The minimum atomic E-state index is -3.93. The van der Waals surface area contributed by atoms with Gasteiger partial charge in [0, 0.05) is 5.69 Å². The van der Waals surface area contributed by atoms with E-state index in [9.17, 15) is 18.0 Å². The van der Waals surface area contributed by atoms with Gasteiger partial charge in [0.1, 0.15) is 0 Å². The molecule has 0 saturated carbocycles. The van der Waals surface area contributed by atoms with Crippen LogP contribution < -0.4 is 10.5 Å². The number of aryl methyl sites for hydroxylation is 1. The summed E-state index contributed by atoms with van der Waals surface area (Å²) in [6.45, 7) is 1.43. The maximum Gasteiger partial charge on any atom is 0.361 e. The van der Waals surface area contributed by atoms with Crippen LogP contribution in [0, 0.1) is 6.92 Å². The van der Waals surface area contributed by atoms with Crippen LogP contribution in [-0.4, -0.2) is 41.9 Å². The Kier molecular flexibility index (Phi) is 6.23. The number of hydrogen-bond acceptors (Lipinski definition) is 7. The molecule has 0 aliphatic rings. The van der Waals surface area contributed by atoms with Gasteiger partial charge in [-0.15, -0.1) is 5.10 Å². The van der Waals surface area contributed by atoms with Crippen LogP contribution in [0.15, 0.2) is 59.6 Å². The van der Waals surface area contributed by atoms with Crippen molar-refractivity contribution >= 4 is 27.6 Å². The number of benzene rings is 2. The van der Waals surface area contributed by atoms with E-state index in [1.54, 1.807) is 6.92 Å². The average Bonchev–Trinajstić information content (AvgIpc) is 3.16. The molecule has 0 atom stereocenters. The lowest BCUT2D eigenvalue weighted by Crippen LogP contribution is -2.21. The molecular weight excluding hydrogens is 410 g/mol. The third-order valence-corrected chi connectivity index (χ3v) is 5.10. The number of amides is 1. The summed E-state index contributed by atoms with van der Waals surface area (Å²) in [5.74, 6) is -1.46. The molecular formula is C19H19N5O5S. The van der Waals surface area contributed by atoms with Crippen molar-refractivity contribution < 1.29 is 22.7 Å². The van der Waals surface area contributed by atoms with Crippen LogP contribution in [0.5, 0.6) is 0 Å². The Labute approximate surface area is 172 Å². The first-order valence-electron chi connectivity index (χ1n) is 8.77. The van der Waals surface area contributed by atoms with Gasteiger partial charge < -0.3 is 10.1 Å². The number of carbonyl (C=O) groups is 2. The molecule has 0 saturated heterocycles. The van der Waals surface area contributed by atoms with E-state index in [1.807, 2.05) is 30.3 Å². The van der Waals surface area contributed by atoms with Gasteiger partial charge in [0.15, 0.2) is 12.3 Å². The van der Waals surface area contributed by atoms with Gasteiger partial charge in [-0.25, -0.2) is 23.0 Å². The summed E-state index contributed by atoms with van der Waals surface area (Å²) in [5.41, 5.74) is 1.60. The number of anilines is 1. The molecule has 0 spiro atoms. The number of nitrogens with two attached hydrogens (primary N) is 1. The number of sulfonamides is 1. The number of nitrogens with one attached hydrogen (secondary N) is 1. The van der Waals surface area contributed by atoms with Gasteiger partial charge in [-0.2, -0.15) is 0 Å². The zero-order valence-electron chi connectivity index (χ0n) is 16.0. The second kappa shape index (κ2) is 8.84. The number of esters is 1. The molecule has 0 radical (unpaired) electrons. The van der Waals surface area contributed by atoms with E-state index in [1.165, 1.54) is 29.1 Å². The SMILES string of the molecule is Cc1ccc(NC(=O)COC(=O)c2cn(Cc3ccccc3)nn2)cc1S(N)(=O)=O. The van der Waals surface area contributed by atoms with Gasteiger partial charge >= 0.3 is 5.97 Å². The number of nitrogens with zero attached hydrogens (tertiary/aromatic N) is 3. The number of primary sulfonamides is 1. The Morgan fingerprint density at radius 2 is 1.90 bits per heavy atom. The first kappa shape index (κ1) is 21.1. The van der Waals surface area contributed by atoms with E-state index in [4.69, 9.17) is 9.88 Å². The number of ether oxygens (including phenoxy) is 1. The van der Waals surface area contributed by atoms with Crippen molar-refractivity contribution in [3.63, 3.8) is 0 Å². The monoisotopic (exact) mass is 429 g/mol. The van der Waals surface area contributed by atoms with Crippen molar-refractivity contribution in [2.75, 3.05) is 11.9 Å². The van der Waals surface area contributed by atoms with E-state index in [-0.39, 0.29) is 16.3 Å². The fourth-order valence-corrected chi connectivity index (χ4v) is 3.43. The Balaban J connectivity index is 1.56. The molecule has 1 heterocycles. The maximum absolute atomic E-state index is 12.1. The average molecular weight is 429 g/mol. The van der Waals surface area contributed by atoms with Crippen LogP contribution in [0.25, 0.3) is 0 Å². The summed E-state index contributed by atoms with van der Waals surface area (Å²) in [6.07, 6.45) is 1.42. The van der Waals surface area contributed by atoms with Gasteiger partial charge in [-0.05, 0) is 30.2 Å². The summed E-state index contributed by atoms with van der Waals surface area (Å²) in [5, 5.41) is 15.2. The van der Waals surface area contributed by atoms with Gasteiger partial charge in [0.25, 0.3) is 5.91 Å². The molecule has 30 heavy (non-hydrogen) atoms. The number of aromatic nitrogens is 3. The molecule has 156 valence electrons. The molecule has 0 fully saturated rings. The van der Waals surface area contributed by atoms with E-state index >= 15 is 0 Å². The summed E-state index contributed by atoms with van der Waals surface area (Å²) < 4.78 is 29.5. The van der Waals surface area contributed by atoms with Gasteiger partial charge in [-0.3, -0.25) is 4.79 Å². The lowest BCUT2D eigenvalue weighted by atomic mass is 10.2. The van der Waals surface area contributed by atoms with Crippen molar-refractivity contribution in [3.05, 3.63) is 71.5 Å². The molecule has 2 aromatic carbocycles. The molecule has 3 rings (SSSR count). The van der Waals surface area contributed by atoms with Crippen LogP contribution in [0.4, 0.5) is 5.69 Å². The Bertz CT molecular complexity index is 1180. The smallest absolute Gasteiger partial charge is 0.361 e. The Morgan fingerprint density at radius 3 is 2.60 bits per heavy atom. The standard InChI is InChI=1S/C19H19N5O5S/c1-13-7-8-15(9-17(13)30(20,27)28)21-18(25)12-29-19(26)16-11-24(23-22-16)10-14-5-3-2-4-6-14/h2-9,11H,10,12H2,1H3,(H,21,25)(H2,20,27,28). The molecule has 0 aliphatic heterocycles. The first-order valence-corrected chi connectivity index (χ1v) is 10.3. The van der Waals surface area contributed by atoms with Crippen molar-refractivity contribution in [1.29, 1.82) is 0 Å². The third kappa shape index (κ3) is 5.49. The van der Waals surface area contributed by atoms with E-state index in [0.29, 0.717) is 12.1 Å². The summed E-state index contributed by atoms with van der Waals surface area (Å²) in [7, 11) is -3.93. The van der Waals surface area contributed by atoms with Crippen molar-refractivity contribution in [1.82, 2.24) is 15.0 Å². The van der Waals surface area contributed by atoms with Crippen LogP contribution in [0.1, 0.15) is 21.6 Å². The second-order valence-corrected chi connectivity index (χ2v) is 7.97. The highest BCUT2D eigenvalue weighted by molar-refractivity contribution is 7.89. The predicted molar refractivity (Wildman–Crippen MR) is 107 cm³/mol. The fraction of sp³-hybridized carbons (Fsp3) is 0.158. The van der Waals surface area contributed by atoms with E-state index in [2.05, 4.69) is 15.6 Å². The Hall–Kier alpha value is -3.57. The van der Waals surface area contributed by atoms with Crippen LogP contribution in [0.2, 0.25) is 0 Å². The predicted octanol–water partition coefficient (Wildman–Crippen LogP) is 1.08. The van der Waals surface area contributed by atoms with Crippen LogP contribution in [0.3, 0.4) is 0 Å². The molecule has 11 heteroatoms. The van der Waals surface area contributed by atoms with Crippen LogP contribution in [-0.2, 0) is 26.1 Å². The second-order valence-electron chi connectivity index (χ2n) is 6.44. The minimum absolute atomic E-state index is 0.0365. The zero-order valence-corrected chi connectivity index (χ0v) is 16.8. The summed E-state index contributed by atoms with van der Waals surface area (Å²) in [6, 6.07) is 13.8. The molecule has 10 nitrogen and oxygen atoms in total. The van der Waals surface area contributed by atoms with Gasteiger partial charge in [0.05, 0.1) is 17.6 Å². The highest BCUT2D eigenvalue weighted by atomic mass is 32.2. The number of hydrogen-bond donors (Lipinski definition) is 2. The van der Waals surface area contributed by atoms with Crippen LogP contribution >= 0.6 is 0 Å². The van der Waals surface area contributed by atoms with E-state index in [0.717, 1.165) is 5.56 Å². The lowest BCUT2D eigenvalue weighted by molar-refractivity contribution is -0.119. The lowest BCUT2D eigenvalue weighted by Gasteiger charge is -2.09. The largest absolute Gasteiger partial charge is 0.451 e. The molecule has 1 aromatic heterocycles. The van der Waals surface area contributed by atoms with Gasteiger partial charge in [-0.1, -0.05) is 41.6 Å². The third-order valence-electron chi connectivity index (χ3n) is 4.05. The quantitative estimate of drug-likeness (QED) is 0.534. The number of rotatable bonds is 7. The minimum Gasteiger partial charge on any atom is -0.451 e. The molecule has 0 unspecified atom stereocenters. The normalized spacial score (nSPS) is 11.1. The maximum atomic E-state index is 12.1. The topological polar surface area (TPSA) is 146 Å². The Morgan fingerprint density at radius 1 is 1.17 bits per heavy atom. The van der Waals surface area contributed by atoms with Crippen molar-refractivity contribution in [3.8, 4) is 0 Å². The molecule has 3 N–H and O–H groups in total. The summed E-state index contributed by atoms with van der Waals surface area (Å²) in [4.78, 5) is 24.0. The molecule has 3 aromatic rings. The molecule has 0 bridgehead atoms. The molecule has 0 aliphatic carbocycles. The first-order chi connectivity index (χ1) is 14.2. The van der Waals surface area contributed by atoms with Crippen molar-refractivity contribution in [2.45, 2.75) is 18.4 Å². The van der Waals surface area contributed by atoms with Crippen molar-refractivity contribution in [2.24, 2.45) is 5.14 Å². The highest BCUT2D eigenvalue weighted by Crippen LogP contribution is 2.19. The summed E-state index contributed by atoms with van der Waals surface area (Å²) >= 11 is 0. The number of carbonyl (C=O) groups excluding carboxylic acids is 2. The zero-order chi connectivity index (χ0) is 21.7. The van der Waals surface area contributed by atoms with E-state index < -0.39 is 28.5 Å². The van der Waals surface area contributed by atoms with Gasteiger partial charge in [0.2, 0.25) is 10.0 Å². The fourth-order valence-electron chi connectivity index (χ4n) is 2.63. The molecule has 1 amide bonds.